The summed E-state index contributed by atoms with van der Waals surface area (Å²) in [6, 6.07) is 7.09. The predicted molar refractivity (Wildman–Crippen MR) is 102 cm³/mol. The maximum atomic E-state index is 13.6. The molecule has 3 aliphatic rings. The fourth-order valence-corrected chi connectivity index (χ4v) is 5.97. The van der Waals surface area contributed by atoms with Gasteiger partial charge in [0.15, 0.2) is 10.7 Å². The number of aliphatic hydroxyl groups excluding tert-OH is 1. The van der Waals surface area contributed by atoms with Gasteiger partial charge in [0.1, 0.15) is 0 Å². The zero-order valence-electron chi connectivity index (χ0n) is 15.9. The van der Waals surface area contributed by atoms with E-state index in [-0.39, 0.29) is 16.9 Å². The largest absolute Gasteiger partial charge is 0.393 e. The van der Waals surface area contributed by atoms with Crippen LogP contribution in [0.5, 0.6) is 0 Å². The first-order chi connectivity index (χ1) is 13.5. The number of nitrogens with one attached hydrogen (secondary N) is 1. The van der Waals surface area contributed by atoms with Crippen LogP contribution in [0.4, 0.5) is 13.2 Å². The van der Waals surface area contributed by atoms with Crippen LogP contribution in [0.15, 0.2) is 18.2 Å². The molecule has 0 aromatic heterocycles. The number of halogens is 3. The first kappa shape index (κ1) is 20.1. The van der Waals surface area contributed by atoms with E-state index in [0.717, 1.165) is 10.5 Å². The van der Waals surface area contributed by atoms with Crippen LogP contribution in [-0.2, 0) is 15.7 Å². The van der Waals surface area contributed by atoms with Gasteiger partial charge in [-0.15, -0.1) is 0 Å². The standard InChI is InChI=1S/C20H20F3N3O2S/c1-10-8-18(11(2)15(10)27)13-4-3-12(9-24)7-14(13)20(18)16(28)26(17(29)25-20)6-5-19(21,22)23/h3-4,7,10-11,15,27H,5-6,8H2,1-2H3,(H,25,29)/t10-,11-,15+,18+,20?/m1/s1. The highest BCUT2D eigenvalue weighted by Gasteiger charge is 2.76. The summed E-state index contributed by atoms with van der Waals surface area (Å²) in [5.41, 5.74) is -0.404. The first-order valence-electron chi connectivity index (χ1n) is 9.43. The molecule has 2 spiro atoms. The molecule has 1 unspecified atom stereocenters. The number of amides is 1. The van der Waals surface area contributed by atoms with Crippen molar-refractivity contribution in [1.82, 2.24) is 10.2 Å². The van der Waals surface area contributed by atoms with E-state index in [9.17, 15) is 28.3 Å². The Morgan fingerprint density at radius 3 is 2.62 bits per heavy atom. The van der Waals surface area contributed by atoms with Gasteiger partial charge in [-0.3, -0.25) is 9.69 Å². The summed E-state index contributed by atoms with van der Waals surface area (Å²) in [5.74, 6) is -0.958. The summed E-state index contributed by atoms with van der Waals surface area (Å²) in [6.07, 6.45) is -5.75. The number of alkyl halides is 3. The molecule has 0 radical (unpaired) electrons. The SMILES string of the molecule is C[C@@H]1C[C@@]2(c3ccc(C#N)cc3C23NC(=S)N(CCC(F)(F)F)C3=O)[C@H](C)[C@H]1O. The van der Waals surface area contributed by atoms with Gasteiger partial charge in [0.05, 0.1) is 24.2 Å². The van der Waals surface area contributed by atoms with Crippen LogP contribution in [0.3, 0.4) is 0 Å². The Balaban J connectivity index is 1.85. The lowest BCUT2D eigenvalue weighted by Gasteiger charge is -2.58. The Kier molecular flexibility index (Phi) is 4.27. The molecule has 5 nitrogen and oxygen atoms in total. The third-order valence-corrected chi connectivity index (χ3v) is 7.27. The molecule has 154 valence electrons. The average Bonchev–Trinajstić information content (AvgIpc) is 3.06. The van der Waals surface area contributed by atoms with Crippen molar-refractivity contribution in [3.63, 3.8) is 0 Å². The van der Waals surface area contributed by atoms with Gasteiger partial charge in [0, 0.05) is 12.0 Å². The Labute approximate surface area is 171 Å². The summed E-state index contributed by atoms with van der Waals surface area (Å²) in [5, 5.41) is 23.0. The highest BCUT2D eigenvalue weighted by Crippen LogP contribution is 2.67. The monoisotopic (exact) mass is 423 g/mol. The lowest BCUT2D eigenvalue weighted by Crippen LogP contribution is -2.69. The minimum absolute atomic E-state index is 0.0483. The van der Waals surface area contributed by atoms with E-state index in [2.05, 4.69) is 5.32 Å². The normalized spacial score (nSPS) is 35.6. The molecule has 2 fully saturated rings. The smallest absolute Gasteiger partial charge is 0.390 e. The maximum Gasteiger partial charge on any atom is 0.390 e. The summed E-state index contributed by atoms with van der Waals surface area (Å²) in [7, 11) is 0. The fourth-order valence-electron chi connectivity index (χ4n) is 5.64. The Morgan fingerprint density at radius 2 is 2.07 bits per heavy atom. The van der Waals surface area contributed by atoms with Crippen LogP contribution in [-0.4, -0.2) is 39.9 Å². The molecular weight excluding hydrogens is 403 g/mol. The van der Waals surface area contributed by atoms with Gasteiger partial charge in [-0.1, -0.05) is 19.9 Å². The first-order valence-corrected chi connectivity index (χ1v) is 9.84. The topological polar surface area (TPSA) is 76.4 Å². The van der Waals surface area contributed by atoms with Crippen LogP contribution in [0.2, 0.25) is 0 Å². The number of thiocarbonyl (C=S) groups is 1. The second-order valence-electron chi connectivity index (χ2n) is 8.31. The molecule has 4 rings (SSSR count). The Morgan fingerprint density at radius 1 is 1.38 bits per heavy atom. The molecule has 1 saturated heterocycles. The molecular formula is C20H20F3N3O2S. The molecule has 1 amide bonds. The van der Waals surface area contributed by atoms with Crippen molar-refractivity contribution in [1.29, 1.82) is 5.26 Å². The number of fused-ring (bicyclic) bond motifs is 4. The number of carbonyl (C=O) groups excluding carboxylic acids is 1. The molecule has 29 heavy (non-hydrogen) atoms. The molecule has 1 aromatic rings. The number of hydrogen-bond acceptors (Lipinski definition) is 4. The van der Waals surface area contributed by atoms with Gasteiger partial charge in [-0.05, 0) is 53.7 Å². The van der Waals surface area contributed by atoms with Crippen molar-refractivity contribution < 1.29 is 23.1 Å². The van der Waals surface area contributed by atoms with Crippen molar-refractivity contribution in [3.05, 3.63) is 34.9 Å². The molecule has 1 saturated carbocycles. The number of nitrogens with zero attached hydrogens (tertiary/aromatic N) is 2. The summed E-state index contributed by atoms with van der Waals surface area (Å²) >= 11 is 5.26. The highest BCUT2D eigenvalue weighted by atomic mass is 32.1. The van der Waals surface area contributed by atoms with Crippen molar-refractivity contribution >= 4 is 23.2 Å². The Bertz CT molecular complexity index is 959. The van der Waals surface area contributed by atoms with E-state index in [1.807, 2.05) is 19.9 Å². The predicted octanol–water partition coefficient (Wildman–Crippen LogP) is 2.71. The second-order valence-corrected chi connectivity index (χ2v) is 8.69. The highest BCUT2D eigenvalue weighted by molar-refractivity contribution is 7.80. The van der Waals surface area contributed by atoms with Crippen LogP contribution < -0.4 is 5.32 Å². The van der Waals surface area contributed by atoms with Gasteiger partial charge in [0.2, 0.25) is 0 Å². The molecule has 1 heterocycles. The zero-order chi connectivity index (χ0) is 21.4. The molecule has 0 bridgehead atoms. The van der Waals surface area contributed by atoms with Gasteiger partial charge in [0.25, 0.3) is 5.91 Å². The number of hydrogen-bond donors (Lipinski definition) is 2. The minimum atomic E-state index is -4.42. The zero-order valence-corrected chi connectivity index (χ0v) is 16.7. The lowest BCUT2D eigenvalue weighted by molar-refractivity contribution is -0.145. The number of rotatable bonds is 2. The summed E-state index contributed by atoms with van der Waals surface area (Å²) in [6.45, 7) is 3.18. The van der Waals surface area contributed by atoms with E-state index in [0.29, 0.717) is 17.5 Å². The van der Waals surface area contributed by atoms with Crippen LogP contribution in [0.25, 0.3) is 0 Å². The van der Waals surface area contributed by atoms with E-state index in [1.54, 1.807) is 18.2 Å². The van der Waals surface area contributed by atoms with E-state index in [1.165, 1.54) is 0 Å². The van der Waals surface area contributed by atoms with Crippen molar-refractivity contribution in [2.75, 3.05) is 6.54 Å². The van der Waals surface area contributed by atoms with Crippen molar-refractivity contribution in [2.24, 2.45) is 11.8 Å². The molecule has 1 aliphatic heterocycles. The number of benzene rings is 1. The molecule has 2 N–H and O–H groups in total. The van der Waals surface area contributed by atoms with Crippen LogP contribution >= 0.6 is 12.2 Å². The lowest BCUT2D eigenvalue weighted by atomic mass is 9.46. The van der Waals surface area contributed by atoms with Gasteiger partial charge < -0.3 is 10.4 Å². The van der Waals surface area contributed by atoms with Crippen LogP contribution in [0.1, 0.15) is 43.4 Å². The molecule has 2 aliphatic carbocycles. The van der Waals surface area contributed by atoms with Crippen molar-refractivity contribution in [2.45, 2.75) is 49.9 Å². The molecule has 5 atom stereocenters. The van der Waals surface area contributed by atoms with E-state index >= 15 is 0 Å². The fraction of sp³-hybridized carbons (Fsp3) is 0.550. The second kappa shape index (κ2) is 6.16. The summed E-state index contributed by atoms with van der Waals surface area (Å²) < 4.78 is 38.3. The Hall–Kier alpha value is -2.18. The number of aliphatic hydroxyl groups is 1. The maximum absolute atomic E-state index is 13.6. The summed E-state index contributed by atoms with van der Waals surface area (Å²) in [4.78, 5) is 14.5. The van der Waals surface area contributed by atoms with Gasteiger partial charge in [-0.25, -0.2) is 0 Å². The molecule has 9 heteroatoms. The minimum Gasteiger partial charge on any atom is -0.393 e. The average molecular weight is 423 g/mol. The van der Waals surface area contributed by atoms with Crippen LogP contribution in [0, 0.1) is 23.2 Å². The van der Waals surface area contributed by atoms with E-state index < -0.39 is 42.1 Å². The van der Waals surface area contributed by atoms with Gasteiger partial charge in [-0.2, -0.15) is 18.4 Å². The number of carbonyl (C=O) groups is 1. The quantitative estimate of drug-likeness (QED) is 0.716. The third kappa shape index (κ3) is 2.42. The van der Waals surface area contributed by atoms with E-state index in [4.69, 9.17) is 12.2 Å². The van der Waals surface area contributed by atoms with Crippen molar-refractivity contribution in [3.8, 4) is 6.07 Å². The number of nitriles is 1. The molecule has 1 aromatic carbocycles. The van der Waals surface area contributed by atoms with Gasteiger partial charge >= 0.3 is 6.18 Å². The third-order valence-electron chi connectivity index (χ3n) is 6.94.